The van der Waals surface area contributed by atoms with Gasteiger partial charge in [-0.1, -0.05) is 41.4 Å². The van der Waals surface area contributed by atoms with Gasteiger partial charge in [-0.3, -0.25) is 4.79 Å². The van der Waals surface area contributed by atoms with Crippen LogP contribution in [-0.4, -0.2) is 32.2 Å². The van der Waals surface area contributed by atoms with Gasteiger partial charge in [0.2, 0.25) is 5.91 Å². The standard InChI is InChI=1S/C20H22Cl2N2O2/c21-18-7-3-15(13-19(18)22)4-8-20(25)23-14-16-1-5-17(6-2-16)24-9-11-26-12-10-24/h1-3,5-7,13H,4,8-12,14H2,(H,23,25). The fourth-order valence-electron chi connectivity index (χ4n) is 2.89. The number of morpholine rings is 1. The summed E-state index contributed by atoms with van der Waals surface area (Å²) in [5.41, 5.74) is 3.29. The quantitative estimate of drug-likeness (QED) is 0.804. The van der Waals surface area contributed by atoms with Crippen LogP contribution in [-0.2, 0) is 22.5 Å². The molecule has 3 rings (SSSR count). The third kappa shape index (κ3) is 5.37. The van der Waals surface area contributed by atoms with E-state index in [-0.39, 0.29) is 5.91 Å². The van der Waals surface area contributed by atoms with Crippen LogP contribution in [0.15, 0.2) is 42.5 Å². The molecular formula is C20H22Cl2N2O2. The largest absolute Gasteiger partial charge is 0.378 e. The van der Waals surface area contributed by atoms with Crippen molar-refractivity contribution in [2.75, 3.05) is 31.2 Å². The summed E-state index contributed by atoms with van der Waals surface area (Å²) in [5.74, 6) is 0.0216. The van der Waals surface area contributed by atoms with E-state index in [1.165, 1.54) is 5.69 Å². The maximum Gasteiger partial charge on any atom is 0.220 e. The molecule has 6 heteroatoms. The molecule has 1 heterocycles. The summed E-state index contributed by atoms with van der Waals surface area (Å²) in [6, 6.07) is 13.8. The minimum Gasteiger partial charge on any atom is -0.378 e. The second kappa shape index (κ2) is 9.26. The van der Waals surface area contributed by atoms with Crippen LogP contribution >= 0.6 is 23.2 Å². The summed E-state index contributed by atoms with van der Waals surface area (Å²) in [5, 5.41) is 4.01. The van der Waals surface area contributed by atoms with Crippen molar-refractivity contribution in [1.29, 1.82) is 0 Å². The highest BCUT2D eigenvalue weighted by molar-refractivity contribution is 6.42. The van der Waals surface area contributed by atoms with E-state index in [4.69, 9.17) is 27.9 Å². The van der Waals surface area contributed by atoms with E-state index in [0.29, 0.717) is 29.4 Å². The molecule has 1 N–H and O–H groups in total. The molecule has 0 bridgehead atoms. The molecule has 1 aliphatic rings. The number of halogens is 2. The molecule has 138 valence electrons. The first-order valence-corrected chi connectivity index (χ1v) is 9.50. The highest BCUT2D eigenvalue weighted by atomic mass is 35.5. The summed E-state index contributed by atoms with van der Waals surface area (Å²) in [6.07, 6.45) is 1.06. The molecule has 2 aromatic rings. The van der Waals surface area contributed by atoms with Gasteiger partial charge in [-0.2, -0.15) is 0 Å². The van der Waals surface area contributed by atoms with Crippen molar-refractivity contribution in [1.82, 2.24) is 5.32 Å². The maximum atomic E-state index is 12.1. The maximum absolute atomic E-state index is 12.1. The van der Waals surface area contributed by atoms with Crippen molar-refractivity contribution >= 4 is 34.8 Å². The molecule has 0 aliphatic carbocycles. The van der Waals surface area contributed by atoms with Gasteiger partial charge < -0.3 is 15.0 Å². The summed E-state index contributed by atoms with van der Waals surface area (Å²) in [6.45, 7) is 3.92. The van der Waals surface area contributed by atoms with Crippen molar-refractivity contribution in [3.63, 3.8) is 0 Å². The Morgan fingerprint density at radius 3 is 2.38 bits per heavy atom. The lowest BCUT2D eigenvalue weighted by molar-refractivity contribution is -0.121. The highest BCUT2D eigenvalue weighted by Crippen LogP contribution is 2.23. The Hall–Kier alpha value is -1.75. The molecule has 0 aromatic heterocycles. The number of anilines is 1. The number of benzene rings is 2. The first-order valence-electron chi connectivity index (χ1n) is 8.74. The summed E-state index contributed by atoms with van der Waals surface area (Å²) in [7, 11) is 0. The SMILES string of the molecule is O=C(CCc1ccc(Cl)c(Cl)c1)NCc1ccc(N2CCOCC2)cc1. The van der Waals surface area contributed by atoms with Crippen LogP contribution < -0.4 is 10.2 Å². The van der Waals surface area contributed by atoms with Crippen molar-refractivity contribution in [3.8, 4) is 0 Å². The van der Waals surface area contributed by atoms with Crippen LogP contribution in [0, 0.1) is 0 Å². The third-order valence-electron chi connectivity index (χ3n) is 4.43. The number of aryl methyl sites for hydroxylation is 1. The van der Waals surface area contributed by atoms with Crippen LogP contribution in [0.3, 0.4) is 0 Å². The number of amides is 1. The first-order chi connectivity index (χ1) is 12.6. The van der Waals surface area contributed by atoms with Gasteiger partial charge in [0.25, 0.3) is 0 Å². The zero-order chi connectivity index (χ0) is 18.4. The van der Waals surface area contributed by atoms with E-state index in [1.807, 2.05) is 12.1 Å². The van der Waals surface area contributed by atoms with Crippen LogP contribution in [0.25, 0.3) is 0 Å². The van der Waals surface area contributed by atoms with Crippen molar-refractivity contribution in [3.05, 3.63) is 63.6 Å². The highest BCUT2D eigenvalue weighted by Gasteiger charge is 2.11. The minimum absolute atomic E-state index is 0.0216. The molecule has 0 saturated carbocycles. The normalized spacial score (nSPS) is 14.3. The topological polar surface area (TPSA) is 41.6 Å². The molecule has 0 unspecified atom stereocenters. The van der Waals surface area contributed by atoms with E-state index in [1.54, 1.807) is 6.07 Å². The Morgan fingerprint density at radius 2 is 1.69 bits per heavy atom. The van der Waals surface area contributed by atoms with Gasteiger partial charge in [-0.05, 0) is 41.8 Å². The van der Waals surface area contributed by atoms with Gasteiger partial charge in [0.05, 0.1) is 23.3 Å². The lowest BCUT2D eigenvalue weighted by Gasteiger charge is -2.28. The Labute approximate surface area is 164 Å². The first kappa shape index (κ1) is 19.0. The molecule has 2 aromatic carbocycles. The van der Waals surface area contributed by atoms with Crippen LogP contribution in [0.1, 0.15) is 17.5 Å². The average Bonchev–Trinajstić information content (AvgIpc) is 2.68. The number of hydrogen-bond acceptors (Lipinski definition) is 3. The predicted octanol–water partition coefficient (Wildman–Crippen LogP) is 4.08. The fraction of sp³-hybridized carbons (Fsp3) is 0.350. The summed E-state index contributed by atoms with van der Waals surface area (Å²) < 4.78 is 5.37. The number of nitrogens with one attached hydrogen (secondary N) is 1. The van der Waals surface area contributed by atoms with Gasteiger partial charge in [-0.25, -0.2) is 0 Å². The molecular weight excluding hydrogens is 371 g/mol. The molecule has 1 saturated heterocycles. The van der Waals surface area contributed by atoms with Gasteiger partial charge in [0.15, 0.2) is 0 Å². The van der Waals surface area contributed by atoms with Gasteiger partial charge in [0.1, 0.15) is 0 Å². The van der Waals surface area contributed by atoms with Crippen LogP contribution in [0.4, 0.5) is 5.69 Å². The second-order valence-corrected chi connectivity index (χ2v) is 7.11. The number of carbonyl (C=O) groups excluding carboxylic acids is 1. The third-order valence-corrected chi connectivity index (χ3v) is 5.17. The monoisotopic (exact) mass is 392 g/mol. The number of rotatable bonds is 6. The Morgan fingerprint density at radius 1 is 1.00 bits per heavy atom. The van der Waals surface area contributed by atoms with Gasteiger partial charge >= 0.3 is 0 Å². The predicted molar refractivity (Wildman–Crippen MR) is 106 cm³/mol. The Bertz CT molecular complexity index is 744. The number of carbonyl (C=O) groups is 1. The second-order valence-electron chi connectivity index (χ2n) is 6.29. The lowest BCUT2D eigenvalue weighted by atomic mass is 10.1. The Balaban J connectivity index is 1.44. The van der Waals surface area contributed by atoms with E-state index < -0.39 is 0 Å². The molecule has 26 heavy (non-hydrogen) atoms. The smallest absolute Gasteiger partial charge is 0.220 e. The number of nitrogens with zero attached hydrogens (tertiary/aromatic N) is 1. The zero-order valence-corrected chi connectivity index (χ0v) is 16.0. The number of hydrogen-bond donors (Lipinski definition) is 1. The van der Waals surface area contributed by atoms with Crippen LogP contribution in [0.2, 0.25) is 10.0 Å². The molecule has 0 radical (unpaired) electrons. The fourth-order valence-corrected chi connectivity index (χ4v) is 3.21. The van der Waals surface area contributed by atoms with E-state index in [2.05, 4.69) is 34.5 Å². The minimum atomic E-state index is 0.0216. The molecule has 0 atom stereocenters. The van der Waals surface area contributed by atoms with E-state index in [9.17, 15) is 4.79 Å². The zero-order valence-electron chi connectivity index (χ0n) is 14.5. The van der Waals surface area contributed by atoms with Gasteiger partial charge in [0, 0.05) is 31.7 Å². The van der Waals surface area contributed by atoms with Crippen LogP contribution in [0.5, 0.6) is 0 Å². The van der Waals surface area contributed by atoms with Gasteiger partial charge in [-0.15, -0.1) is 0 Å². The van der Waals surface area contributed by atoms with Crippen molar-refractivity contribution in [2.24, 2.45) is 0 Å². The lowest BCUT2D eigenvalue weighted by Crippen LogP contribution is -2.36. The number of ether oxygens (including phenoxy) is 1. The molecule has 1 amide bonds. The molecule has 1 fully saturated rings. The van der Waals surface area contributed by atoms with E-state index in [0.717, 1.165) is 37.4 Å². The molecule has 0 spiro atoms. The van der Waals surface area contributed by atoms with E-state index >= 15 is 0 Å². The molecule has 4 nitrogen and oxygen atoms in total. The summed E-state index contributed by atoms with van der Waals surface area (Å²) in [4.78, 5) is 14.4. The van der Waals surface area contributed by atoms with Crippen molar-refractivity contribution in [2.45, 2.75) is 19.4 Å². The Kier molecular flexibility index (Phi) is 6.78. The molecule has 1 aliphatic heterocycles. The summed E-state index contributed by atoms with van der Waals surface area (Å²) >= 11 is 11.9. The average molecular weight is 393 g/mol. The van der Waals surface area contributed by atoms with Crippen molar-refractivity contribution < 1.29 is 9.53 Å².